The van der Waals surface area contributed by atoms with Crippen molar-refractivity contribution in [1.82, 2.24) is 4.90 Å². The molecule has 1 radical (unpaired) electrons. The molecule has 2 aromatic carbocycles. The third-order valence-corrected chi connectivity index (χ3v) is 3.52. The molecule has 2 aromatic rings. The van der Waals surface area contributed by atoms with Crippen LogP contribution in [0, 0.1) is 0 Å². The number of hydrogen-bond donors (Lipinski definition) is 0. The Morgan fingerprint density at radius 1 is 1.06 bits per heavy atom. The molecule has 85 valence electrons. The van der Waals surface area contributed by atoms with Crippen molar-refractivity contribution in [3.63, 3.8) is 0 Å². The number of fused-ring (bicyclic) bond motifs is 1. The summed E-state index contributed by atoms with van der Waals surface area (Å²) in [5, 5.41) is 0. The molecule has 0 saturated heterocycles. The number of rotatable bonds is 2. The summed E-state index contributed by atoms with van der Waals surface area (Å²) in [6.07, 6.45) is 2.26. The number of para-hydroxylation sites is 1. The van der Waals surface area contributed by atoms with E-state index in [-0.39, 0.29) is 0 Å². The second-order valence-electron chi connectivity index (χ2n) is 4.55. The third-order valence-electron chi connectivity index (χ3n) is 3.52. The Hall–Kier alpha value is -1.60. The zero-order chi connectivity index (χ0) is 11.7. The van der Waals surface area contributed by atoms with Crippen molar-refractivity contribution in [3.8, 4) is 0 Å². The maximum absolute atomic E-state index is 2.43. The molecule has 3 rings (SSSR count). The summed E-state index contributed by atoms with van der Waals surface area (Å²) >= 11 is 0. The van der Waals surface area contributed by atoms with Gasteiger partial charge in [-0.1, -0.05) is 42.2 Å². The summed E-state index contributed by atoms with van der Waals surface area (Å²) in [5.74, 6) is 0. The number of benzene rings is 2. The predicted octanol–water partition coefficient (Wildman–Crippen LogP) is 3.91. The van der Waals surface area contributed by atoms with E-state index in [1.807, 2.05) is 0 Å². The lowest BCUT2D eigenvalue weighted by Crippen LogP contribution is -2.14. The van der Waals surface area contributed by atoms with Gasteiger partial charge < -0.3 is 0 Å². The molecule has 0 aliphatic carbocycles. The van der Waals surface area contributed by atoms with Crippen LogP contribution >= 0.6 is 0 Å². The molecule has 1 aliphatic rings. The maximum Gasteiger partial charge on any atom is 0.189 e. The van der Waals surface area contributed by atoms with Gasteiger partial charge in [0.2, 0.25) is 0 Å². The molecule has 0 atom stereocenters. The number of anilines is 2. The molecule has 0 bridgehead atoms. The van der Waals surface area contributed by atoms with Crippen LogP contribution in [0.3, 0.4) is 0 Å². The summed E-state index contributed by atoms with van der Waals surface area (Å²) in [5.41, 5.74) is 5.58. The summed E-state index contributed by atoms with van der Waals surface area (Å²) in [7, 11) is 0. The highest BCUT2D eigenvalue weighted by Crippen LogP contribution is 2.33. The SMILES string of the molecule is CCc1cccc([N+]2CCc3ccccc32)c1. The van der Waals surface area contributed by atoms with Crippen LogP contribution in [0.25, 0.3) is 0 Å². The van der Waals surface area contributed by atoms with E-state index in [1.54, 1.807) is 0 Å². The topological polar surface area (TPSA) is 5.90 Å². The van der Waals surface area contributed by atoms with Gasteiger partial charge in [-0.15, -0.1) is 0 Å². The van der Waals surface area contributed by atoms with Crippen LogP contribution in [-0.2, 0) is 12.8 Å². The second-order valence-corrected chi connectivity index (χ2v) is 4.55. The lowest BCUT2D eigenvalue weighted by molar-refractivity contribution is 0.738. The molecule has 0 fully saturated rings. The first-order chi connectivity index (χ1) is 8.38. The fourth-order valence-corrected chi connectivity index (χ4v) is 2.55. The molecule has 0 unspecified atom stereocenters. The van der Waals surface area contributed by atoms with Gasteiger partial charge in [-0.3, -0.25) is 0 Å². The Morgan fingerprint density at radius 3 is 2.82 bits per heavy atom. The molecule has 0 amide bonds. The zero-order valence-corrected chi connectivity index (χ0v) is 10.2. The van der Waals surface area contributed by atoms with Gasteiger partial charge in [0, 0.05) is 30.2 Å². The van der Waals surface area contributed by atoms with Crippen molar-refractivity contribution >= 4 is 11.4 Å². The van der Waals surface area contributed by atoms with Gasteiger partial charge in [0.05, 0.1) is 0 Å². The van der Waals surface area contributed by atoms with E-state index < -0.39 is 0 Å². The minimum Gasteiger partial charge on any atom is -0.0966 e. The Kier molecular flexibility index (Phi) is 2.69. The van der Waals surface area contributed by atoms with Crippen molar-refractivity contribution in [2.45, 2.75) is 19.8 Å². The molecule has 1 aliphatic heterocycles. The highest BCUT2D eigenvalue weighted by Gasteiger charge is 2.31. The fraction of sp³-hybridized carbons (Fsp3) is 0.250. The second kappa shape index (κ2) is 4.34. The van der Waals surface area contributed by atoms with Gasteiger partial charge in [0.25, 0.3) is 0 Å². The van der Waals surface area contributed by atoms with Crippen molar-refractivity contribution < 1.29 is 0 Å². The maximum atomic E-state index is 2.43. The minimum atomic E-state index is 1.10. The van der Waals surface area contributed by atoms with E-state index in [4.69, 9.17) is 0 Å². The van der Waals surface area contributed by atoms with Gasteiger partial charge in [-0.2, -0.15) is 0 Å². The van der Waals surface area contributed by atoms with Gasteiger partial charge in [-0.25, -0.2) is 0 Å². The number of aryl methyl sites for hydroxylation is 1. The van der Waals surface area contributed by atoms with Crippen molar-refractivity contribution in [3.05, 3.63) is 59.7 Å². The van der Waals surface area contributed by atoms with Gasteiger partial charge in [0.1, 0.15) is 6.54 Å². The zero-order valence-electron chi connectivity index (χ0n) is 10.2. The molecule has 1 nitrogen and oxygen atoms in total. The molecule has 1 heterocycles. The minimum absolute atomic E-state index is 1.10. The lowest BCUT2D eigenvalue weighted by Gasteiger charge is -2.06. The van der Waals surface area contributed by atoms with E-state index in [0.717, 1.165) is 19.4 Å². The van der Waals surface area contributed by atoms with E-state index in [0.29, 0.717) is 0 Å². The van der Waals surface area contributed by atoms with E-state index >= 15 is 0 Å². The molecule has 0 N–H and O–H groups in total. The molecular formula is C16H17N+. The van der Waals surface area contributed by atoms with Crippen molar-refractivity contribution in [1.29, 1.82) is 0 Å². The predicted molar refractivity (Wildman–Crippen MR) is 72.3 cm³/mol. The Morgan fingerprint density at radius 2 is 1.94 bits per heavy atom. The van der Waals surface area contributed by atoms with Gasteiger partial charge in [0.15, 0.2) is 11.4 Å². The summed E-state index contributed by atoms with van der Waals surface area (Å²) in [6.45, 7) is 3.31. The molecule has 1 heteroatoms. The number of nitrogens with zero attached hydrogens (tertiary/aromatic N) is 1. The fourth-order valence-electron chi connectivity index (χ4n) is 2.55. The normalized spacial score (nSPS) is 14.9. The van der Waals surface area contributed by atoms with Crippen LogP contribution in [0.4, 0.5) is 11.4 Å². The van der Waals surface area contributed by atoms with Crippen LogP contribution in [-0.4, -0.2) is 6.54 Å². The van der Waals surface area contributed by atoms with Crippen LogP contribution in [0.15, 0.2) is 48.5 Å². The first-order valence-electron chi connectivity index (χ1n) is 6.33. The summed E-state index contributed by atoms with van der Waals surface area (Å²) in [4.78, 5) is 2.43. The van der Waals surface area contributed by atoms with E-state index in [2.05, 4.69) is 60.4 Å². The molecular weight excluding hydrogens is 206 g/mol. The molecule has 0 aromatic heterocycles. The Bertz CT molecular complexity index is 531. The van der Waals surface area contributed by atoms with Crippen molar-refractivity contribution in [2.24, 2.45) is 0 Å². The first-order valence-corrected chi connectivity index (χ1v) is 6.33. The van der Waals surface area contributed by atoms with Crippen LogP contribution in [0.2, 0.25) is 0 Å². The Labute approximate surface area is 103 Å². The van der Waals surface area contributed by atoms with Crippen molar-refractivity contribution in [2.75, 3.05) is 6.54 Å². The summed E-state index contributed by atoms with van der Waals surface area (Å²) in [6, 6.07) is 17.6. The van der Waals surface area contributed by atoms with Gasteiger partial charge in [-0.05, 0) is 12.0 Å². The average molecular weight is 223 g/mol. The van der Waals surface area contributed by atoms with E-state index in [9.17, 15) is 0 Å². The lowest BCUT2D eigenvalue weighted by atomic mass is 10.1. The van der Waals surface area contributed by atoms with E-state index in [1.165, 1.54) is 22.5 Å². The quantitative estimate of drug-likeness (QED) is 0.681. The molecule has 17 heavy (non-hydrogen) atoms. The molecule has 0 saturated carbocycles. The average Bonchev–Trinajstić information content (AvgIpc) is 2.82. The molecule has 0 spiro atoms. The highest BCUT2D eigenvalue weighted by molar-refractivity contribution is 5.60. The standard InChI is InChI=1S/C16H17N/c1-2-13-6-5-8-15(12-13)17-11-10-14-7-3-4-9-16(14)17/h3-9,12H,2,10-11H2,1H3/q+1. The van der Waals surface area contributed by atoms with Crippen LogP contribution < -0.4 is 4.90 Å². The number of hydrogen-bond acceptors (Lipinski definition) is 1. The van der Waals surface area contributed by atoms with Crippen LogP contribution in [0.1, 0.15) is 18.1 Å². The summed E-state index contributed by atoms with van der Waals surface area (Å²) < 4.78 is 0. The first kappa shape index (κ1) is 10.5. The van der Waals surface area contributed by atoms with Crippen LogP contribution in [0.5, 0.6) is 0 Å². The van der Waals surface area contributed by atoms with Gasteiger partial charge >= 0.3 is 0 Å². The highest BCUT2D eigenvalue weighted by atomic mass is 15.2. The smallest absolute Gasteiger partial charge is 0.0966 e. The largest absolute Gasteiger partial charge is 0.189 e. The Balaban J connectivity index is 2.01. The third kappa shape index (κ3) is 1.87. The monoisotopic (exact) mass is 223 g/mol.